The van der Waals surface area contributed by atoms with Crippen molar-refractivity contribution in [2.24, 2.45) is 0 Å². The summed E-state index contributed by atoms with van der Waals surface area (Å²) in [6.45, 7) is 1.78. The Labute approximate surface area is 148 Å². The van der Waals surface area contributed by atoms with E-state index in [4.69, 9.17) is 11.6 Å². The normalized spacial score (nSPS) is 10.2. The molecule has 0 fully saturated rings. The highest BCUT2D eigenvalue weighted by atomic mass is 79.9. The highest BCUT2D eigenvalue weighted by Gasteiger charge is 2.09. The van der Waals surface area contributed by atoms with Gasteiger partial charge in [0.15, 0.2) is 0 Å². The van der Waals surface area contributed by atoms with Crippen LogP contribution in [0.3, 0.4) is 0 Å². The summed E-state index contributed by atoms with van der Waals surface area (Å²) in [5, 5.41) is 5.97. The lowest BCUT2D eigenvalue weighted by molar-refractivity contribution is -0.123. The quantitative estimate of drug-likeness (QED) is 0.811. The third-order valence-electron chi connectivity index (χ3n) is 3.22. The molecule has 0 aliphatic rings. The smallest absolute Gasteiger partial charge is 0.243 e. The van der Waals surface area contributed by atoms with Gasteiger partial charge >= 0.3 is 0 Å². The number of anilines is 1. The van der Waals surface area contributed by atoms with Gasteiger partial charge in [0.25, 0.3) is 0 Å². The van der Waals surface area contributed by atoms with Gasteiger partial charge in [-0.25, -0.2) is 0 Å². The first-order valence-electron chi connectivity index (χ1n) is 7.02. The van der Waals surface area contributed by atoms with E-state index in [1.54, 1.807) is 18.2 Å². The van der Waals surface area contributed by atoms with Crippen LogP contribution in [0.25, 0.3) is 0 Å². The van der Waals surface area contributed by atoms with Crippen LogP contribution in [0.1, 0.15) is 11.1 Å². The summed E-state index contributed by atoms with van der Waals surface area (Å²) in [4.78, 5) is 23.8. The number of carbonyl (C=O) groups is 2. The zero-order chi connectivity index (χ0) is 16.8. The van der Waals surface area contributed by atoms with E-state index >= 15 is 0 Å². The van der Waals surface area contributed by atoms with Crippen LogP contribution in [-0.2, 0) is 16.0 Å². The SMILES string of the molecule is Cc1cc(Cl)ccc1NC(=O)CNC(=O)Cc1ccccc1Br. The fourth-order valence-electron chi connectivity index (χ4n) is 2.02. The number of hydrogen-bond donors (Lipinski definition) is 2. The van der Waals surface area contributed by atoms with Gasteiger partial charge in [0.1, 0.15) is 0 Å². The summed E-state index contributed by atoms with van der Waals surface area (Å²) in [5.74, 6) is -0.490. The molecular formula is C17H16BrClN2O2. The molecule has 0 unspecified atom stereocenters. The minimum absolute atomic E-state index is 0.0780. The first kappa shape index (κ1) is 17.5. The lowest BCUT2D eigenvalue weighted by Gasteiger charge is -2.10. The number of rotatable bonds is 5. The first-order chi connectivity index (χ1) is 11.0. The summed E-state index contributed by atoms with van der Waals surface area (Å²) in [6.07, 6.45) is 0.217. The molecule has 0 aliphatic carbocycles. The van der Waals surface area contributed by atoms with Gasteiger partial charge in [0.05, 0.1) is 13.0 Å². The van der Waals surface area contributed by atoms with Gasteiger partial charge in [0, 0.05) is 15.2 Å². The first-order valence-corrected chi connectivity index (χ1v) is 8.19. The zero-order valence-corrected chi connectivity index (χ0v) is 14.9. The van der Waals surface area contributed by atoms with E-state index in [2.05, 4.69) is 26.6 Å². The lowest BCUT2D eigenvalue weighted by Crippen LogP contribution is -2.33. The van der Waals surface area contributed by atoms with Crippen molar-refractivity contribution >= 4 is 45.0 Å². The molecule has 2 aromatic carbocycles. The molecule has 0 atom stereocenters. The summed E-state index contributed by atoms with van der Waals surface area (Å²) in [5.41, 5.74) is 2.42. The molecular weight excluding hydrogens is 380 g/mol. The second kappa shape index (κ2) is 8.13. The van der Waals surface area contributed by atoms with Crippen molar-refractivity contribution in [3.63, 3.8) is 0 Å². The molecule has 2 aromatic rings. The van der Waals surface area contributed by atoms with Gasteiger partial charge < -0.3 is 10.6 Å². The summed E-state index contributed by atoms with van der Waals surface area (Å²) >= 11 is 9.27. The van der Waals surface area contributed by atoms with E-state index in [1.807, 2.05) is 31.2 Å². The largest absolute Gasteiger partial charge is 0.347 e. The fraction of sp³-hybridized carbons (Fsp3) is 0.176. The van der Waals surface area contributed by atoms with E-state index in [1.165, 1.54) is 0 Å². The van der Waals surface area contributed by atoms with E-state index in [0.29, 0.717) is 10.7 Å². The Balaban J connectivity index is 1.84. The van der Waals surface area contributed by atoms with Crippen LogP contribution in [0, 0.1) is 6.92 Å². The fourth-order valence-corrected chi connectivity index (χ4v) is 2.67. The maximum atomic E-state index is 11.9. The Morgan fingerprint density at radius 2 is 1.87 bits per heavy atom. The van der Waals surface area contributed by atoms with Crippen LogP contribution in [0.5, 0.6) is 0 Å². The number of nitrogens with one attached hydrogen (secondary N) is 2. The van der Waals surface area contributed by atoms with Gasteiger partial charge in [-0.1, -0.05) is 45.7 Å². The number of halogens is 2. The molecule has 23 heavy (non-hydrogen) atoms. The van der Waals surface area contributed by atoms with Gasteiger partial charge in [0.2, 0.25) is 11.8 Å². The molecule has 0 heterocycles. The monoisotopic (exact) mass is 394 g/mol. The van der Waals surface area contributed by atoms with Crippen molar-refractivity contribution < 1.29 is 9.59 Å². The number of amides is 2. The van der Waals surface area contributed by atoms with Crippen LogP contribution in [-0.4, -0.2) is 18.4 Å². The van der Waals surface area contributed by atoms with Crippen LogP contribution in [0.2, 0.25) is 5.02 Å². The van der Waals surface area contributed by atoms with Crippen molar-refractivity contribution in [1.82, 2.24) is 5.32 Å². The van der Waals surface area contributed by atoms with Crippen LogP contribution in [0.4, 0.5) is 5.69 Å². The van der Waals surface area contributed by atoms with Gasteiger partial charge in [-0.3, -0.25) is 9.59 Å². The van der Waals surface area contributed by atoms with Crippen molar-refractivity contribution in [3.8, 4) is 0 Å². The minimum Gasteiger partial charge on any atom is -0.347 e. The highest BCUT2D eigenvalue weighted by molar-refractivity contribution is 9.10. The minimum atomic E-state index is -0.282. The van der Waals surface area contributed by atoms with Crippen molar-refractivity contribution in [1.29, 1.82) is 0 Å². The molecule has 120 valence electrons. The molecule has 2 rings (SSSR count). The molecule has 0 aromatic heterocycles. The summed E-state index contributed by atoms with van der Waals surface area (Å²) in [6, 6.07) is 12.7. The zero-order valence-electron chi connectivity index (χ0n) is 12.5. The highest BCUT2D eigenvalue weighted by Crippen LogP contribution is 2.19. The summed E-state index contributed by atoms with van der Waals surface area (Å²) < 4.78 is 0.872. The lowest BCUT2D eigenvalue weighted by atomic mass is 10.1. The molecule has 6 heteroatoms. The van der Waals surface area contributed by atoms with E-state index in [-0.39, 0.29) is 24.8 Å². The molecule has 0 aliphatic heterocycles. The summed E-state index contributed by atoms with van der Waals surface area (Å²) in [7, 11) is 0. The number of carbonyl (C=O) groups excluding carboxylic acids is 2. The molecule has 0 saturated carbocycles. The predicted molar refractivity (Wildman–Crippen MR) is 95.7 cm³/mol. The maximum absolute atomic E-state index is 11.9. The maximum Gasteiger partial charge on any atom is 0.243 e. The van der Waals surface area contributed by atoms with Crippen LogP contribution >= 0.6 is 27.5 Å². The second-order valence-corrected chi connectivity index (χ2v) is 6.34. The van der Waals surface area contributed by atoms with Gasteiger partial charge in [-0.05, 0) is 42.3 Å². The van der Waals surface area contributed by atoms with E-state index < -0.39 is 0 Å². The average molecular weight is 396 g/mol. The standard InChI is InChI=1S/C17H16BrClN2O2/c1-11-8-13(19)6-7-15(11)21-17(23)10-20-16(22)9-12-4-2-3-5-14(12)18/h2-8H,9-10H2,1H3,(H,20,22)(H,21,23). The Morgan fingerprint density at radius 1 is 1.13 bits per heavy atom. The predicted octanol–water partition coefficient (Wildman–Crippen LogP) is 3.71. The molecule has 0 radical (unpaired) electrons. The Kier molecular flexibility index (Phi) is 6.19. The average Bonchev–Trinajstić information content (AvgIpc) is 2.50. The van der Waals surface area contributed by atoms with Crippen molar-refractivity contribution in [2.45, 2.75) is 13.3 Å². The topological polar surface area (TPSA) is 58.2 Å². The molecule has 4 nitrogen and oxygen atoms in total. The Morgan fingerprint density at radius 3 is 2.57 bits per heavy atom. The Bertz CT molecular complexity index is 734. The number of hydrogen-bond acceptors (Lipinski definition) is 2. The molecule has 0 spiro atoms. The third kappa shape index (κ3) is 5.37. The molecule has 0 saturated heterocycles. The molecule has 2 N–H and O–H groups in total. The van der Waals surface area contributed by atoms with Gasteiger partial charge in [-0.2, -0.15) is 0 Å². The number of aryl methyl sites for hydroxylation is 1. The third-order valence-corrected chi connectivity index (χ3v) is 4.23. The Hall–Kier alpha value is -1.85. The van der Waals surface area contributed by atoms with Crippen molar-refractivity contribution in [3.05, 3.63) is 63.1 Å². The molecule has 0 bridgehead atoms. The second-order valence-electron chi connectivity index (χ2n) is 5.05. The molecule has 2 amide bonds. The van der Waals surface area contributed by atoms with E-state index in [0.717, 1.165) is 15.6 Å². The van der Waals surface area contributed by atoms with Gasteiger partial charge in [-0.15, -0.1) is 0 Å². The van der Waals surface area contributed by atoms with Crippen LogP contribution < -0.4 is 10.6 Å². The number of benzene rings is 2. The van der Waals surface area contributed by atoms with Crippen LogP contribution in [0.15, 0.2) is 46.9 Å². The van der Waals surface area contributed by atoms with Crippen molar-refractivity contribution in [2.75, 3.05) is 11.9 Å². The van der Waals surface area contributed by atoms with E-state index in [9.17, 15) is 9.59 Å².